The number of hydrogen-bond acceptors (Lipinski definition) is 1. The molecule has 0 amide bonds. The Kier molecular flexibility index (Phi) is 10.6. The van der Waals surface area contributed by atoms with E-state index in [0.29, 0.717) is 0 Å². The average Bonchev–Trinajstić information content (AvgIpc) is 4.39. The van der Waals surface area contributed by atoms with Gasteiger partial charge >= 0.3 is 0 Å². The fourth-order valence-electron chi connectivity index (χ4n) is 13.3. The molecule has 0 fully saturated rings. The van der Waals surface area contributed by atoms with Gasteiger partial charge in [0.1, 0.15) is 11.2 Å². The second-order valence-electron chi connectivity index (χ2n) is 20.3. The highest BCUT2D eigenvalue weighted by atomic mass is 28.3. The molecule has 0 atom stereocenters. The minimum Gasteiger partial charge on any atom is -0.456 e. The summed E-state index contributed by atoms with van der Waals surface area (Å²) < 4.78 is 12.0. The normalized spacial score (nSPS) is 12.2. The fourth-order valence-corrected chi connectivity index (χ4v) is 23.1. The highest BCUT2D eigenvalue weighted by Crippen LogP contribution is 2.38. The maximum absolute atomic E-state index is 7.05. The fraction of sp³-hybridized carbons (Fsp3) is 0. The maximum Gasteiger partial charge on any atom is 0.184 e. The van der Waals surface area contributed by atoms with Crippen LogP contribution in [0.2, 0.25) is 0 Å². The molecule has 0 N–H and O–H groups in total. The summed E-state index contributed by atoms with van der Waals surface area (Å²) in [6, 6.07) is 113. The van der Waals surface area contributed by atoms with Gasteiger partial charge in [0, 0.05) is 43.7 Å². The van der Waals surface area contributed by atoms with Crippen molar-refractivity contribution in [2.24, 2.45) is 0 Å². The van der Waals surface area contributed by atoms with Gasteiger partial charge < -0.3 is 13.6 Å². The standard InChI is InChI=1S/C72H50N2OSi2/c1-6-24-53(25-7-1)76(54-26-8-2-9-27-54,55-28-10-3-11-29-55)58-47-44-51(45-48-58)73-64-38-19-16-34-59(64)60-49-46-52(50-67(60)73)74-65-39-20-17-36-63(65)71-66(74)40-23-42-69(71)77(56-30-12-4-13-31-56,57-32-14-5-15-33-57)70-43-22-37-62-61-35-18-21-41-68(61)75-72(62)70/h1-50H. The molecule has 0 aliphatic heterocycles. The Morgan fingerprint density at radius 1 is 0.247 bits per heavy atom. The van der Waals surface area contributed by atoms with E-state index >= 15 is 0 Å². The number of furan rings is 1. The summed E-state index contributed by atoms with van der Waals surface area (Å²) in [6.45, 7) is 0. The number of rotatable bonds is 10. The Morgan fingerprint density at radius 3 is 1.25 bits per heavy atom. The SMILES string of the molecule is c1ccc([Si](c2ccccc2)(c2ccccc2)c2ccc(-n3c4ccccc4c4ccc(-n5c6ccccc6c6c([Si](c7ccccc7)(c7ccccc7)c7cccc8c7oc7ccccc78)cccc65)cc43)cc2)cc1. The smallest absolute Gasteiger partial charge is 0.184 e. The molecule has 77 heavy (non-hydrogen) atoms. The van der Waals surface area contributed by atoms with Crippen LogP contribution in [0.25, 0.3) is 76.9 Å². The first kappa shape index (κ1) is 44.9. The number of hydrogen-bond donors (Lipinski definition) is 0. The molecule has 3 aromatic heterocycles. The van der Waals surface area contributed by atoms with Crippen molar-refractivity contribution in [1.82, 2.24) is 9.13 Å². The van der Waals surface area contributed by atoms with Crippen molar-refractivity contribution in [2.75, 3.05) is 0 Å². The van der Waals surface area contributed by atoms with Crippen molar-refractivity contribution in [3.8, 4) is 11.4 Å². The molecule has 15 rings (SSSR count). The predicted octanol–water partition coefficient (Wildman–Crippen LogP) is 12.5. The Bertz CT molecular complexity index is 4530. The zero-order chi connectivity index (χ0) is 50.9. The first-order valence-electron chi connectivity index (χ1n) is 26.6. The van der Waals surface area contributed by atoms with E-state index < -0.39 is 16.1 Å². The van der Waals surface area contributed by atoms with Crippen LogP contribution in [0, 0.1) is 0 Å². The average molecular weight is 1020 g/mol. The summed E-state index contributed by atoms with van der Waals surface area (Å²) in [5, 5.41) is 17.8. The van der Waals surface area contributed by atoms with Gasteiger partial charge in [-0.3, -0.25) is 0 Å². The zero-order valence-corrected chi connectivity index (χ0v) is 44.2. The Balaban J connectivity index is 0.973. The molecule has 15 aromatic rings. The molecule has 362 valence electrons. The van der Waals surface area contributed by atoms with Gasteiger partial charge in [0.25, 0.3) is 0 Å². The van der Waals surface area contributed by atoms with Crippen molar-refractivity contribution < 1.29 is 4.42 Å². The van der Waals surface area contributed by atoms with Crippen LogP contribution >= 0.6 is 0 Å². The number of para-hydroxylation sites is 4. The lowest BCUT2D eigenvalue weighted by atomic mass is 10.1. The Morgan fingerprint density at radius 2 is 0.649 bits per heavy atom. The van der Waals surface area contributed by atoms with Gasteiger partial charge in [-0.1, -0.05) is 255 Å². The maximum atomic E-state index is 7.05. The number of aromatic nitrogens is 2. The lowest BCUT2D eigenvalue weighted by Gasteiger charge is -2.35. The number of nitrogens with zero attached hydrogens (tertiary/aromatic N) is 2. The van der Waals surface area contributed by atoms with Gasteiger partial charge in [-0.15, -0.1) is 0 Å². The summed E-state index contributed by atoms with van der Waals surface area (Å²) in [6.07, 6.45) is 0. The molecule has 3 nitrogen and oxygen atoms in total. The van der Waals surface area contributed by atoms with Crippen LogP contribution in [0.1, 0.15) is 0 Å². The molecule has 0 saturated carbocycles. The van der Waals surface area contributed by atoms with Crippen molar-refractivity contribution in [1.29, 1.82) is 0 Å². The van der Waals surface area contributed by atoms with E-state index in [-0.39, 0.29) is 0 Å². The first-order chi connectivity index (χ1) is 38.2. The van der Waals surface area contributed by atoms with E-state index in [4.69, 9.17) is 4.42 Å². The second-order valence-corrected chi connectivity index (χ2v) is 27.8. The molecule has 0 aliphatic carbocycles. The molecule has 0 saturated heterocycles. The molecular formula is C72H50N2OSi2. The van der Waals surface area contributed by atoms with Crippen molar-refractivity contribution >= 4 is 123 Å². The summed E-state index contributed by atoms with van der Waals surface area (Å²) >= 11 is 0. The molecule has 12 aromatic carbocycles. The van der Waals surface area contributed by atoms with E-state index in [2.05, 4.69) is 312 Å². The lowest BCUT2D eigenvalue weighted by Crippen LogP contribution is -2.75. The predicted molar refractivity (Wildman–Crippen MR) is 330 cm³/mol. The summed E-state index contributed by atoms with van der Waals surface area (Å²) in [5.41, 5.74) is 8.75. The third-order valence-electron chi connectivity index (χ3n) is 16.4. The van der Waals surface area contributed by atoms with Crippen LogP contribution in [0.5, 0.6) is 0 Å². The minimum absolute atomic E-state index is 0.902. The molecule has 0 radical (unpaired) electrons. The minimum atomic E-state index is -3.21. The largest absolute Gasteiger partial charge is 0.456 e. The highest BCUT2D eigenvalue weighted by Gasteiger charge is 2.46. The Hall–Kier alpha value is -9.53. The van der Waals surface area contributed by atoms with E-state index in [1.165, 1.54) is 74.1 Å². The van der Waals surface area contributed by atoms with Crippen molar-refractivity contribution in [3.05, 3.63) is 303 Å². The van der Waals surface area contributed by atoms with Gasteiger partial charge in [-0.25, -0.2) is 0 Å². The third-order valence-corrected chi connectivity index (χ3v) is 26.0. The molecule has 0 spiro atoms. The second kappa shape index (κ2) is 18.1. The number of benzene rings is 12. The van der Waals surface area contributed by atoms with Crippen LogP contribution in [0.4, 0.5) is 0 Å². The topological polar surface area (TPSA) is 23.0 Å². The van der Waals surface area contributed by atoms with Crippen LogP contribution in [-0.4, -0.2) is 25.3 Å². The third kappa shape index (κ3) is 6.74. The van der Waals surface area contributed by atoms with E-state index in [9.17, 15) is 0 Å². The molecule has 0 unspecified atom stereocenters. The van der Waals surface area contributed by atoms with Gasteiger partial charge in [0.15, 0.2) is 16.1 Å². The highest BCUT2D eigenvalue weighted by molar-refractivity contribution is 7.22. The van der Waals surface area contributed by atoms with E-state index in [0.717, 1.165) is 44.3 Å². The van der Waals surface area contributed by atoms with Crippen LogP contribution < -0.4 is 41.5 Å². The van der Waals surface area contributed by atoms with Gasteiger partial charge in [0.05, 0.1) is 22.1 Å². The van der Waals surface area contributed by atoms with Gasteiger partial charge in [0.2, 0.25) is 0 Å². The van der Waals surface area contributed by atoms with Crippen LogP contribution in [0.3, 0.4) is 0 Å². The van der Waals surface area contributed by atoms with Crippen molar-refractivity contribution in [3.63, 3.8) is 0 Å². The quantitative estimate of drug-likeness (QED) is 0.0989. The van der Waals surface area contributed by atoms with E-state index in [1.54, 1.807) is 0 Å². The molecule has 0 bridgehead atoms. The molecule has 3 heterocycles. The lowest BCUT2D eigenvalue weighted by molar-refractivity contribution is 0.671. The zero-order valence-electron chi connectivity index (χ0n) is 42.2. The van der Waals surface area contributed by atoms with Gasteiger partial charge in [-0.05, 0) is 90.0 Å². The van der Waals surface area contributed by atoms with Gasteiger partial charge in [-0.2, -0.15) is 0 Å². The number of fused-ring (bicyclic) bond motifs is 9. The van der Waals surface area contributed by atoms with Crippen LogP contribution in [0.15, 0.2) is 308 Å². The summed E-state index contributed by atoms with van der Waals surface area (Å²) in [5.74, 6) is 0. The molecule has 0 aliphatic rings. The molecular weight excluding hydrogens is 965 g/mol. The first-order valence-corrected chi connectivity index (χ1v) is 30.6. The monoisotopic (exact) mass is 1010 g/mol. The Labute approximate surface area is 448 Å². The molecule has 5 heteroatoms. The summed E-state index contributed by atoms with van der Waals surface area (Å²) in [7, 11) is -5.94. The van der Waals surface area contributed by atoms with Crippen molar-refractivity contribution in [2.45, 2.75) is 0 Å². The van der Waals surface area contributed by atoms with Crippen LogP contribution in [-0.2, 0) is 0 Å². The van der Waals surface area contributed by atoms with E-state index in [1.807, 2.05) is 0 Å². The summed E-state index contributed by atoms with van der Waals surface area (Å²) in [4.78, 5) is 0.